The minimum atomic E-state index is 0.762. The lowest BCUT2D eigenvalue weighted by Gasteiger charge is -2.42. The highest BCUT2D eigenvalue weighted by Crippen LogP contribution is 2.46. The maximum Gasteiger partial charge on any atom is 0.00790 e. The molecule has 112 valence electrons. The fraction of sp³-hybridized carbons (Fsp3) is 1.00. The molecule has 1 N–H and O–H groups in total. The standard InChI is InChI=1S/C17H34N2/c1-15(2)14-18-11-6-16(3)19-12-9-17(10-13-19)7-4-5-8-17/h15-16,18H,4-14H2,1-3H3. The predicted octanol–water partition coefficient (Wildman–Crippen LogP) is 3.67. The van der Waals surface area contributed by atoms with Crippen molar-refractivity contribution in [2.75, 3.05) is 26.2 Å². The van der Waals surface area contributed by atoms with Crippen LogP contribution >= 0.6 is 0 Å². The molecule has 2 rings (SSSR count). The second-order valence-electron chi connectivity index (χ2n) is 7.48. The summed E-state index contributed by atoms with van der Waals surface area (Å²) in [5.74, 6) is 0.771. The van der Waals surface area contributed by atoms with Crippen LogP contribution in [0.1, 0.15) is 65.7 Å². The predicted molar refractivity (Wildman–Crippen MR) is 83.5 cm³/mol. The molecule has 1 atom stereocenters. The summed E-state index contributed by atoms with van der Waals surface area (Å²) < 4.78 is 0. The SMILES string of the molecule is CC(C)CNCCC(C)N1CCC2(CCCC2)CC1. The summed E-state index contributed by atoms with van der Waals surface area (Å²) in [6.45, 7) is 12.0. The van der Waals surface area contributed by atoms with E-state index < -0.39 is 0 Å². The molecule has 2 fully saturated rings. The Labute approximate surface area is 120 Å². The Balaban J connectivity index is 1.63. The molecule has 0 bridgehead atoms. The van der Waals surface area contributed by atoms with Crippen LogP contribution < -0.4 is 5.32 Å². The zero-order valence-corrected chi connectivity index (χ0v) is 13.4. The van der Waals surface area contributed by atoms with Gasteiger partial charge in [-0.15, -0.1) is 0 Å². The van der Waals surface area contributed by atoms with Gasteiger partial charge >= 0.3 is 0 Å². The van der Waals surface area contributed by atoms with Gasteiger partial charge in [-0.2, -0.15) is 0 Å². The van der Waals surface area contributed by atoms with Crippen LogP contribution in [0, 0.1) is 11.3 Å². The minimum Gasteiger partial charge on any atom is -0.316 e. The fourth-order valence-electron chi connectivity index (χ4n) is 3.95. The van der Waals surface area contributed by atoms with Crippen molar-refractivity contribution in [2.24, 2.45) is 11.3 Å². The summed E-state index contributed by atoms with van der Waals surface area (Å²) in [6, 6.07) is 0.762. The molecular weight excluding hydrogens is 232 g/mol. The van der Waals surface area contributed by atoms with Crippen molar-refractivity contribution in [3.63, 3.8) is 0 Å². The van der Waals surface area contributed by atoms with Crippen LogP contribution in [0.4, 0.5) is 0 Å². The van der Waals surface area contributed by atoms with Crippen molar-refractivity contribution >= 4 is 0 Å². The monoisotopic (exact) mass is 266 g/mol. The van der Waals surface area contributed by atoms with E-state index in [-0.39, 0.29) is 0 Å². The number of hydrogen-bond donors (Lipinski definition) is 1. The number of rotatable bonds is 6. The lowest BCUT2D eigenvalue weighted by atomic mass is 9.77. The van der Waals surface area contributed by atoms with Crippen molar-refractivity contribution in [3.8, 4) is 0 Å². The van der Waals surface area contributed by atoms with Crippen molar-refractivity contribution in [1.29, 1.82) is 0 Å². The van der Waals surface area contributed by atoms with Gasteiger partial charge in [0, 0.05) is 6.04 Å². The Morgan fingerprint density at radius 2 is 1.63 bits per heavy atom. The molecule has 1 spiro atoms. The van der Waals surface area contributed by atoms with Crippen molar-refractivity contribution < 1.29 is 0 Å². The first-order valence-corrected chi connectivity index (χ1v) is 8.56. The summed E-state index contributed by atoms with van der Waals surface area (Å²) in [6.07, 6.45) is 10.3. The van der Waals surface area contributed by atoms with Crippen LogP contribution in [0.2, 0.25) is 0 Å². The molecule has 1 unspecified atom stereocenters. The Kier molecular flexibility index (Phi) is 5.70. The summed E-state index contributed by atoms with van der Waals surface area (Å²) in [5.41, 5.74) is 0.770. The fourth-order valence-corrected chi connectivity index (χ4v) is 3.95. The van der Waals surface area contributed by atoms with E-state index in [4.69, 9.17) is 0 Å². The van der Waals surface area contributed by atoms with E-state index in [1.54, 1.807) is 0 Å². The van der Waals surface area contributed by atoms with E-state index in [2.05, 4.69) is 31.0 Å². The molecule has 1 aliphatic carbocycles. The topological polar surface area (TPSA) is 15.3 Å². The maximum atomic E-state index is 3.58. The average molecular weight is 266 g/mol. The second kappa shape index (κ2) is 7.08. The smallest absolute Gasteiger partial charge is 0.00790 e. The van der Waals surface area contributed by atoms with Crippen molar-refractivity contribution in [3.05, 3.63) is 0 Å². The molecule has 2 heteroatoms. The van der Waals surface area contributed by atoms with Crippen LogP contribution in [-0.4, -0.2) is 37.1 Å². The summed E-state index contributed by atoms with van der Waals surface area (Å²) in [7, 11) is 0. The highest BCUT2D eigenvalue weighted by atomic mass is 15.2. The largest absolute Gasteiger partial charge is 0.316 e. The third kappa shape index (κ3) is 4.46. The Morgan fingerprint density at radius 1 is 1.00 bits per heavy atom. The molecule has 0 aromatic carbocycles. The molecular formula is C17H34N2. The first-order valence-electron chi connectivity index (χ1n) is 8.56. The van der Waals surface area contributed by atoms with Crippen LogP contribution in [-0.2, 0) is 0 Å². The zero-order chi connectivity index (χ0) is 13.7. The van der Waals surface area contributed by atoms with Gasteiger partial charge < -0.3 is 10.2 Å². The van der Waals surface area contributed by atoms with Gasteiger partial charge in [-0.3, -0.25) is 0 Å². The average Bonchev–Trinajstić information content (AvgIpc) is 2.83. The van der Waals surface area contributed by atoms with Gasteiger partial charge in [-0.25, -0.2) is 0 Å². The molecule has 19 heavy (non-hydrogen) atoms. The lowest BCUT2D eigenvalue weighted by molar-refractivity contribution is 0.0786. The quantitative estimate of drug-likeness (QED) is 0.738. The molecule has 1 heterocycles. The number of likely N-dealkylation sites (tertiary alicyclic amines) is 1. The number of nitrogens with zero attached hydrogens (tertiary/aromatic N) is 1. The summed E-state index contributed by atoms with van der Waals surface area (Å²) in [4.78, 5) is 2.74. The number of hydrogen-bond acceptors (Lipinski definition) is 2. The van der Waals surface area contributed by atoms with Gasteiger partial charge in [0.2, 0.25) is 0 Å². The van der Waals surface area contributed by atoms with Crippen molar-refractivity contribution in [1.82, 2.24) is 10.2 Å². The highest BCUT2D eigenvalue weighted by molar-refractivity contribution is 4.90. The zero-order valence-electron chi connectivity index (χ0n) is 13.4. The van der Waals surface area contributed by atoms with Crippen LogP contribution in [0.5, 0.6) is 0 Å². The van der Waals surface area contributed by atoms with E-state index in [1.165, 1.54) is 64.6 Å². The van der Waals surface area contributed by atoms with Crippen LogP contribution in [0.25, 0.3) is 0 Å². The molecule has 1 aliphatic heterocycles. The van der Waals surface area contributed by atoms with Gasteiger partial charge in [0.1, 0.15) is 0 Å². The van der Waals surface area contributed by atoms with Gasteiger partial charge in [-0.05, 0) is 76.5 Å². The lowest BCUT2D eigenvalue weighted by Crippen LogP contribution is -2.44. The molecule has 0 radical (unpaired) electrons. The molecule has 2 nitrogen and oxygen atoms in total. The normalized spacial score (nSPS) is 25.3. The Morgan fingerprint density at radius 3 is 2.21 bits per heavy atom. The second-order valence-corrected chi connectivity index (χ2v) is 7.48. The van der Waals surface area contributed by atoms with E-state index in [0.717, 1.165) is 23.9 Å². The minimum absolute atomic E-state index is 0.762. The van der Waals surface area contributed by atoms with E-state index >= 15 is 0 Å². The Hall–Kier alpha value is -0.0800. The number of nitrogens with one attached hydrogen (secondary N) is 1. The molecule has 1 saturated carbocycles. The van der Waals surface area contributed by atoms with E-state index in [9.17, 15) is 0 Å². The van der Waals surface area contributed by atoms with Crippen LogP contribution in [0.3, 0.4) is 0 Å². The molecule has 2 aliphatic rings. The molecule has 0 aromatic heterocycles. The van der Waals surface area contributed by atoms with Gasteiger partial charge in [-0.1, -0.05) is 26.7 Å². The molecule has 0 aromatic rings. The first kappa shape index (κ1) is 15.3. The third-order valence-corrected chi connectivity index (χ3v) is 5.44. The third-order valence-electron chi connectivity index (χ3n) is 5.44. The van der Waals surface area contributed by atoms with E-state index in [0.29, 0.717) is 0 Å². The summed E-state index contributed by atoms with van der Waals surface area (Å²) >= 11 is 0. The molecule has 1 saturated heterocycles. The highest BCUT2D eigenvalue weighted by Gasteiger charge is 2.37. The summed E-state index contributed by atoms with van der Waals surface area (Å²) in [5, 5.41) is 3.58. The van der Waals surface area contributed by atoms with Gasteiger partial charge in [0.05, 0.1) is 0 Å². The van der Waals surface area contributed by atoms with Crippen molar-refractivity contribution in [2.45, 2.75) is 71.8 Å². The number of piperidine rings is 1. The first-order chi connectivity index (χ1) is 9.11. The Bertz CT molecular complexity index is 246. The van der Waals surface area contributed by atoms with Crippen LogP contribution in [0.15, 0.2) is 0 Å². The van der Waals surface area contributed by atoms with E-state index in [1.807, 2.05) is 0 Å². The van der Waals surface area contributed by atoms with Gasteiger partial charge in [0.15, 0.2) is 0 Å². The van der Waals surface area contributed by atoms with Gasteiger partial charge in [0.25, 0.3) is 0 Å². The maximum absolute atomic E-state index is 3.58. The molecule has 0 amide bonds.